The number of hydrazone groups is 1. The molecular formula is C25H21BrN2O6. The lowest BCUT2D eigenvalue weighted by molar-refractivity contribution is -0.140. The average Bonchev–Trinajstić information content (AvgIpc) is 3.62. The molecule has 2 aliphatic heterocycles. The van der Waals surface area contributed by atoms with Crippen molar-refractivity contribution in [2.75, 3.05) is 13.9 Å². The largest absolute Gasteiger partial charge is 0.493 e. The molecule has 0 aromatic heterocycles. The van der Waals surface area contributed by atoms with Crippen LogP contribution < -0.4 is 18.9 Å². The third kappa shape index (κ3) is 3.37. The second-order valence-electron chi connectivity index (χ2n) is 8.73. The molecule has 0 radical (unpaired) electrons. The molecule has 2 heterocycles. The summed E-state index contributed by atoms with van der Waals surface area (Å²) in [5, 5.41) is 5.29. The molecule has 4 atom stereocenters. The smallest absolute Gasteiger partial charge is 0.254 e. The zero-order valence-corrected chi connectivity index (χ0v) is 19.9. The van der Waals surface area contributed by atoms with Crippen molar-refractivity contribution < 1.29 is 28.5 Å². The first-order chi connectivity index (χ1) is 16.5. The number of amides is 2. The van der Waals surface area contributed by atoms with Gasteiger partial charge in [-0.05, 0) is 64.0 Å². The van der Waals surface area contributed by atoms with Crippen LogP contribution in [-0.4, -0.2) is 36.9 Å². The molecule has 9 heteroatoms. The Morgan fingerprint density at radius 3 is 2.53 bits per heavy atom. The highest BCUT2D eigenvalue weighted by Gasteiger charge is 2.59. The van der Waals surface area contributed by atoms with Gasteiger partial charge in [-0.25, -0.2) is 0 Å². The van der Waals surface area contributed by atoms with E-state index in [1.54, 1.807) is 19.2 Å². The van der Waals surface area contributed by atoms with Gasteiger partial charge in [-0.15, -0.1) is 0 Å². The standard InChI is InChI=1S/C25H21BrN2O6/c1-31-19-8-16(10-27-28-24(29)22-14-3-4-15(7-14)23(22)25(28)30)17(26)9-21(19)32-11-13-2-5-18-20(6-13)34-12-33-18/h2-6,8-10,14-15,22-23H,7,11-12H2,1H3/t14-,15-,22-,23+/m0/s1. The first-order valence-electron chi connectivity index (χ1n) is 11.0. The molecule has 8 nitrogen and oxygen atoms in total. The first kappa shape index (κ1) is 21.2. The van der Waals surface area contributed by atoms with Crippen LogP contribution in [0.4, 0.5) is 0 Å². The second-order valence-corrected chi connectivity index (χ2v) is 9.59. The number of rotatable bonds is 6. The summed E-state index contributed by atoms with van der Waals surface area (Å²) >= 11 is 3.53. The Morgan fingerprint density at radius 1 is 1.06 bits per heavy atom. The molecule has 34 heavy (non-hydrogen) atoms. The number of benzene rings is 2. The normalized spacial score (nSPS) is 26.1. The quantitative estimate of drug-likeness (QED) is 0.323. The minimum absolute atomic E-state index is 0.152. The van der Waals surface area contributed by atoms with Gasteiger partial charge in [0, 0.05) is 10.0 Å². The Balaban J connectivity index is 1.19. The highest BCUT2D eigenvalue weighted by Crippen LogP contribution is 2.52. The molecule has 2 fully saturated rings. The van der Waals surface area contributed by atoms with Crippen LogP contribution in [0.15, 0.2) is 52.1 Å². The van der Waals surface area contributed by atoms with Gasteiger partial charge in [0.25, 0.3) is 11.8 Å². The van der Waals surface area contributed by atoms with E-state index in [0.29, 0.717) is 33.9 Å². The molecule has 2 aliphatic carbocycles. The predicted octanol–water partition coefficient (Wildman–Crippen LogP) is 3.91. The van der Waals surface area contributed by atoms with Gasteiger partial charge in [-0.3, -0.25) is 9.59 Å². The van der Waals surface area contributed by atoms with Crippen molar-refractivity contribution in [3.05, 3.63) is 58.1 Å². The Labute approximate surface area is 204 Å². The van der Waals surface area contributed by atoms with Crippen molar-refractivity contribution in [1.29, 1.82) is 0 Å². The van der Waals surface area contributed by atoms with Crippen molar-refractivity contribution in [1.82, 2.24) is 5.01 Å². The van der Waals surface area contributed by atoms with E-state index in [-0.39, 0.29) is 42.3 Å². The Morgan fingerprint density at radius 2 is 1.79 bits per heavy atom. The number of imide groups is 1. The maximum atomic E-state index is 12.8. The Hall–Kier alpha value is -3.33. The highest BCUT2D eigenvalue weighted by atomic mass is 79.9. The number of carbonyl (C=O) groups is 2. The van der Waals surface area contributed by atoms with Gasteiger partial charge in [-0.2, -0.15) is 10.1 Å². The number of hydrogen-bond acceptors (Lipinski definition) is 7. The SMILES string of the molecule is COc1cc(C=NN2C(=O)[C@@H]3[C@H](C2=O)[C@H]2C=C[C@H]3C2)c(Br)cc1OCc1ccc2c(c1)OCO2. The van der Waals surface area contributed by atoms with Gasteiger partial charge in [0.15, 0.2) is 23.0 Å². The lowest BCUT2D eigenvalue weighted by atomic mass is 9.85. The van der Waals surface area contributed by atoms with Gasteiger partial charge in [-0.1, -0.05) is 18.2 Å². The summed E-state index contributed by atoms with van der Waals surface area (Å²) in [5.41, 5.74) is 1.58. The molecule has 1 saturated heterocycles. The topological polar surface area (TPSA) is 86.7 Å². The lowest BCUT2D eigenvalue weighted by Crippen LogP contribution is -2.28. The monoisotopic (exact) mass is 524 g/mol. The summed E-state index contributed by atoms with van der Waals surface area (Å²) in [7, 11) is 1.55. The number of nitrogens with zero attached hydrogens (tertiary/aromatic N) is 2. The predicted molar refractivity (Wildman–Crippen MR) is 125 cm³/mol. The molecule has 2 aromatic rings. The summed E-state index contributed by atoms with van der Waals surface area (Å²) in [6.45, 7) is 0.528. The van der Waals surface area contributed by atoms with Crippen LogP contribution in [0.5, 0.6) is 23.0 Å². The molecule has 2 aromatic carbocycles. The van der Waals surface area contributed by atoms with Crippen molar-refractivity contribution in [3.8, 4) is 23.0 Å². The van der Waals surface area contributed by atoms with E-state index in [0.717, 1.165) is 22.7 Å². The van der Waals surface area contributed by atoms with E-state index in [1.807, 2.05) is 18.2 Å². The van der Waals surface area contributed by atoms with E-state index in [9.17, 15) is 9.59 Å². The summed E-state index contributed by atoms with van der Waals surface area (Å²) in [6, 6.07) is 9.17. The minimum Gasteiger partial charge on any atom is -0.493 e. The van der Waals surface area contributed by atoms with Gasteiger partial charge in [0.1, 0.15) is 6.61 Å². The fourth-order valence-electron chi connectivity index (χ4n) is 5.23. The van der Waals surface area contributed by atoms with Crippen molar-refractivity contribution in [2.24, 2.45) is 28.8 Å². The number of allylic oxidation sites excluding steroid dienone is 2. The zero-order valence-electron chi connectivity index (χ0n) is 18.3. The van der Waals surface area contributed by atoms with E-state index in [4.69, 9.17) is 18.9 Å². The van der Waals surface area contributed by atoms with Gasteiger partial charge >= 0.3 is 0 Å². The number of fused-ring (bicyclic) bond motifs is 6. The van der Waals surface area contributed by atoms with E-state index in [2.05, 4.69) is 33.2 Å². The number of hydrogen-bond donors (Lipinski definition) is 0. The van der Waals surface area contributed by atoms with Crippen LogP contribution in [0.25, 0.3) is 0 Å². The van der Waals surface area contributed by atoms with Gasteiger partial charge < -0.3 is 18.9 Å². The Kier molecular flexibility index (Phi) is 5.09. The van der Waals surface area contributed by atoms with E-state index >= 15 is 0 Å². The molecule has 6 rings (SSSR count). The number of halogens is 1. The molecule has 1 saturated carbocycles. The van der Waals surface area contributed by atoms with Crippen LogP contribution in [0.2, 0.25) is 0 Å². The third-order valence-corrected chi connectivity index (χ3v) is 7.56. The van der Waals surface area contributed by atoms with Crippen LogP contribution >= 0.6 is 15.9 Å². The Bertz CT molecular complexity index is 1230. The fourth-order valence-corrected chi connectivity index (χ4v) is 5.66. The van der Waals surface area contributed by atoms with Crippen molar-refractivity contribution in [2.45, 2.75) is 13.0 Å². The van der Waals surface area contributed by atoms with Gasteiger partial charge in [0.2, 0.25) is 6.79 Å². The average molecular weight is 525 g/mol. The van der Waals surface area contributed by atoms with Crippen molar-refractivity contribution >= 4 is 34.0 Å². The molecule has 174 valence electrons. The van der Waals surface area contributed by atoms with E-state index in [1.165, 1.54) is 6.21 Å². The summed E-state index contributed by atoms with van der Waals surface area (Å²) in [6.07, 6.45) is 6.52. The summed E-state index contributed by atoms with van der Waals surface area (Å²) in [4.78, 5) is 25.7. The molecular weight excluding hydrogens is 504 g/mol. The minimum atomic E-state index is -0.274. The fraction of sp³-hybridized carbons (Fsp3) is 0.320. The molecule has 4 aliphatic rings. The lowest BCUT2D eigenvalue weighted by Gasteiger charge is -2.14. The highest BCUT2D eigenvalue weighted by molar-refractivity contribution is 9.10. The number of methoxy groups -OCH3 is 1. The van der Waals surface area contributed by atoms with Crippen LogP contribution in [0.3, 0.4) is 0 Å². The summed E-state index contributed by atoms with van der Waals surface area (Å²) in [5.74, 6) is 1.78. The molecule has 2 amide bonds. The summed E-state index contributed by atoms with van der Waals surface area (Å²) < 4.78 is 22.9. The maximum Gasteiger partial charge on any atom is 0.254 e. The first-order valence-corrected chi connectivity index (χ1v) is 11.8. The molecule has 2 bridgehead atoms. The maximum absolute atomic E-state index is 12.8. The van der Waals surface area contributed by atoms with Crippen LogP contribution in [0, 0.1) is 23.7 Å². The van der Waals surface area contributed by atoms with Crippen LogP contribution in [0.1, 0.15) is 17.5 Å². The number of carbonyl (C=O) groups excluding carboxylic acids is 2. The second kappa shape index (κ2) is 8.16. The van der Waals surface area contributed by atoms with Crippen molar-refractivity contribution in [3.63, 3.8) is 0 Å². The molecule has 0 unspecified atom stereocenters. The third-order valence-electron chi connectivity index (χ3n) is 6.87. The van der Waals surface area contributed by atoms with Gasteiger partial charge in [0.05, 0.1) is 25.2 Å². The number of ether oxygens (including phenoxy) is 4. The molecule has 0 N–H and O–H groups in total. The van der Waals surface area contributed by atoms with Crippen LogP contribution in [-0.2, 0) is 16.2 Å². The van der Waals surface area contributed by atoms with E-state index < -0.39 is 0 Å². The zero-order chi connectivity index (χ0) is 23.4. The molecule has 0 spiro atoms.